The molecule has 0 unspecified atom stereocenters. The van der Waals surface area contributed by atoms with Gasteiger partial charge in [-0.05, 0) is 40.0 Å². The molecule has 0 aromatic heterocycles. The fraction of sp³-hybridized carbons (Fsp3) is 0.750. The molecule has 0 spiro atoms. The molecule has 2 nitrogen and oxygen atoms in total. The lowest BCUT2D eigenvalue weighted by molar-refractivity contribution is 0.00894. The molecule has 1 N–H and O–H groups in total. The van der Waals surface area contributed by atoms with E-state index in [2.05, 4.69) is 52.1 Å². The molecule has 1 atom stereocenters. The average molecular weight is 251 g/mol. The predicted octanol–water partition coefficient (Wildman–Crippen LogP) is 4.04. The van der Waals surface area contributed by atoms with Crippen LogP contribution in [-0.2, 0) is 4.74 Å². The fourth-order valence-electron chi connectivity index (χ4n) is 2.16. The van der Waals surface area contributed by atoms with Crippen molar-refractivity contribution in [1.29, 1.82) is 0 Å². The monoisotopic (exact) mass is 251 g/mol. The molecule has 18 heavy (non-hydrogen) atoms. The second-order valence-electron chi connectivity index (χ2n) is 6.27. The standard InChI is InChI=1S/C16H29NO/c1-13(2)7-6-8-14(3)9-10-16(4,5)15-17-11-12-18-15/h7,9,15,17H,6,8,10-12H2,1-5H3/b14-9+/t15-/m1/s1. The highest BCUT2D eigenvalue weighted by molar-refractivity contribution is 5.04. The van der Waals surface area contributed by atoms with Gasteiger partial charge in [-0.3, -0.25) is 5.32 Å². The number of ether oxygens (including phenoxy) is 1. The Kier molecular flexibility index (Phi) is 6.10. The summed E-state index contributed by atoms with van der Waals surface area (Å²) in [6.45, 7) is 12.9. The first-order chi connectivity index (χ1) is 8.42. The lowest BCUT2D eigenvalue weighted by Gasteiger charge is -2.29. The summed E-state index contributed by atoms with van der Waals surface area (Å²) in [7, 11) is 0. The first-order valence-electron chi connectivity index (χ1n) is 7.06. The van der Waals surface area contributed by atoms with Crippen molar-refractivity contribution < 1.29 is 4.74 Å². The summed E-state index contributed by atoms with van der Waals surface area (Å²) in [6, 6.07) is 0. The van der Waals surface area contributed by atoms with Gasteiger partial charge in [-0.1, -0.05) is 37.1 Å². The van der Waals surface area contributed by atoms with Crippen molar-refractivity contribution in [3.63, 3.8) is 0 Å². The van der Waals surface area contributed by atoms with Crippen LogP contribution in [-0.4, -0.2) is 19.4 Å². The first-order valence-corrected chi connectivity index (χ1v) is 7.06. The number of hydrogen-bond acceptors (Lipinski definition) is 2. The van der Waals surface area contributed by atoms with Gasteiger partial charge in [0.05, 0.1) is 6.61 Å². The number of allylic oxidation sites excluding steroid dienone is 4. The van der Waals surface area contributed by atoms with Gasteiger partial charge in [0, 0.05) is 12.0 Å². The van der Waals surface area contributed by atoms with Crippen molar-refractivity contribution in [3.05, 3.63) is 23.3 Å². The molecule has 1 saturated heterocycles. The van der Waals surface area contributed by atoms with Crippen LogP contribution in [0.4, 0.5) is 0 Å². The van der Waals surface area contributed by atoms with Crippen molar-refractivity contribution in [1.82, 2.24) is 5.32 Å². The second kappa shape index (κ2) is 7.10. The zero-order valence-electron chi connectivity index (χ0n) is 12.7. The quantitative estimate of drug-likeness (QED) is 0.719. The van der Waals surface area contributed by atoms with E-state index in [-0.39, 0.29) is 11.6 Å². The third-order valence-electron chi connectivity index (χ3n) is 3.49. The van der Waals surface area contributed by atoms with Crippen LogP contribution in [0, 0.1) is 5.41 Å². The normalized spacial score (nSPS) is 21.2. The van der Waals surface area contributed by atoms with Gasteiger partial charge in [0.1, 0.15) is 6.23 Å². The zero-order chi connectivity index (χ0) is 13.6. The Morgan fingerprint density at radius 1 is 1.28 bits per heavy atom. The summed E-state index contributed by atoms with van der Waals surface area (Å²) in [4.78, 5) is 0. The minimum absolute atomic E-state index is 0.175. The van der Waals surface area contributed by atoms with E-state index in [1.807, 2.05) is 0 Å². The predicted molar refractivity (Wildman–Crippen MR) is 78.6 cm³/mol. The number of hydrogen-bond donors (Lipinski definition) is 1. The Hall–Kier alpha value is -0.600. The topological polar surface area (TPSA) is 21.3 Å². The summed E-state index contributed by atoms with van der Waals surface area (Å²) in [6.07, 6.45) is 8.29. The van der Waals surface area contributed by atoms with Crippen LogP contribution < -0.4 is 5.32 Å². The molecule has 2 heteroatoms. The van der Waals surface area contributed by atoms with Crippen molar-refractivity contribution in [2.24, 2.45) is 5.41 Å². The maximum atomic E-state index is 5.71. The maximum Gasteiger partial charge on any atom is 0.113 e. The van der Waals surface area contributed by atoms with Gasteiger partial charge in [-0.25, -0.2) is 0 Å². The Morgan fingerprint density at radius 3 is 2.56 bits per heavy atom. The molecule has 0 amide bonds. The SMILES string of the molecule is CC(C)=CCC/C(C)=C/CC(C)(C)[C@@H]1NCCO1. The summed E-state index contributed by atoms with van der Waals surface area (Å²) >= 11 is 0. The van der Waals surface area contributed by atoms with Crippen LogP contribution in [0.5, 0.6) is 0 Å². The summed E-state index contributed by atoms with van der Waals surface area (Å²) < 4.78 is 5.71. The maximum absolute atomic E-state index is 5.71. The van der Waals surface area contributed by atoms with E-state index >= 15 is 0 Å². The molecule has 0 aromatic carbocycles. The van der Waals surface area contributed by atoms with Gasteiger partial charge in [-0.15, -0.1) is 0 Å². The van der Waals surface area contributed by atoms with E-state index in [1.54, 1.807) is 0 Å². The molecule has 1 rings (SSSR count). The molecule has 1 fully saturated rings. The molecule has 0 aliphatic carbocycles. The van der Waals surface area contributed by atoms with Crippen molar-refractivity contribution in [3.8, 4) is 0 Å². The third kappa shape index (κ3) is 5.36. The average Bonchev–Trinajstić information content (AvgIpc) is 2.80. The lowest BCUT2D eigenvalue weighted by Crippen LogP contribution is -2.38. The molecule has 0 bridgehead atoms. The molecule has 0 saturated carbocycles. The van der Waals surface area contributed by atoms with E-state index in [9.17, 15) is 0 Å². The van der Waals surface area contributed by atoms with Gasteiger partial charge in [-0.2, -0.15) is 0 Å². The molecule has 1 aliphatic heterocycles. The Labute approximate surface area is 112 Å². The number of nitrogens with one attached hydrogen (secondary N) is 1. The highest BCUT2D eigenvalue weighted by atomic mass is 16.5. The van der Waals surface area contributed by atoms with Crippen LogP contribution in [0.1, 0.15) is 53.9 Å². The molecule has 1 aliphatic rings. The van der Waals surface area contributed by atoms with Crippen LogP contribution in [0.2, 0.25) is 0 Å². The van der Waals surface area contributed by atoms with Crippen molar-refractivity contribution in [2.45, 2.75) is 60.1 Å². The van der Waals surface area contributed by atoms with Gasteiger partial charge < -0.3 is 4.74 Å². The summed E-state index contributed by atoms with van der Waals surface area (Å²) in [5.41, 5.74) is 3.07. The summed E-state index contributed by atoms with van der Waals surface area (Å²) in [5, 5.41) is 3.42. The molecule has 0 radical (unpaired) electrons. The van der Waals surface area contributed by atoms with Crippen molar-refractivity contribution >= 4 is 0 Å². The Bertz CT molecular complexity index is 305. The molecular formula is C16H29NO. The molecule has 1 heterocycles. The Morgan fingerprint density at radius 2 is 2.00 bits per heavy atom. The van der Waals surface area contributed by atoms with E-state index in [1.165, 1.54) is 17.6 Å². The van der Waals surface area contributed by atoms with Crippen molar-refractivity contribution in [2.75, 3.05) is 13.2 Å². The molecular weight excluding hydrogens is 222 g/mol. The highest BCUT2D eigenvalue weighted by Gasteiger charge is 2.31. The van der Waals surface area contributed by atoms with E-state index in [0.717, 1.165) is 26.0 Å². The Balaban J connectivity index is 2.38. The largest absolute Gasteiger partial charge is 0.361 e. The van der Waals surface area contributed by atoms with E-state index in [4.69, 9.17) is 4.74 Å². The van der Waals surface area contributed by atoms with Crippen LogP contribution in [0.3, 0.4) is 0 Å². The van der Waals surface area contributed by atoms with Crippen LogP contribution >= 0.6 is 0 Å². The van der Waals surface area contributed by atoms with Gasteiger partial charge in [0.2, 0.25) is 0 Å². The summed E-state index contributed by atoms with van der Waals surface area (Å²) in [5.74, 6) is 0. The number of rotatable bonds is 6. The van der Waals surface area contributed by atoms with E-state index in [0.29, 0.717) is 0 Å². The third-order valence-corrected chi connectivity index (χ3v) is 3.49. The second-order valence-corrected chi connectivity index (χ2v) is 6.27. The minimum Gasteiger partial charge on any atom is -0.361 e. The van der Waals surface area contributed by atoms with Gasteiger partial charge in [0.15, 0.2) is 0 Å². The van der Waals surface area contributed by atoms with Crippen LogP contribution in [0.25, 0.3) is 0 Å². The smallest absolute Gasteiger partial charge is 0.113 e. The molecule has 104 valence electrons. The fourth-order valence-corrected chi connectivity index (χ4v) is 2.16. The first kappa shape index (κ1) is 15.5. The minimum atomic E-state index is 0.175. The van der Waals surface area contributed by atoms with Crippen LogP contribution in [0.15, 0.2) is 23.3 Å². The van der Waals surface area contributed by atoms with E-state index < -0.39 is 0 Å². The van der Waals surface area contributed by atoms with Gasteiger partial charge >= 0.3 is 0 Å². The highest BCUT2D eigenvalue weighted by Crippen LogP contribution is 2.29. The van der Waals surface area contributed by atoms with Gasteiger partial charge in [0.25, 0.3) is 0 Å². The lowest BCUT2D eigenvalue weighted by atomic mass is 9.86. The molecule has 0 aromatic rings. The zero-order valence-corrected chi connectivity index (χ0v) is 12.7.